The molecule has 1 unspecified atom stereocenters. The van der Waals surface area contributed by atoms with E-state index in [1.165, 1.54) is 0 Å². The van der Waals surface area contributed by atoms with Crippen LogP contribution in [0.4, 0.5) is 5.82 Å². The minimum Gasteiger partial charge on any atom is -0.491 e. The van der Waals surface area contributed by atoms with Crippen LogP contribution in [0.5, 0.6) is 5.75 Å². The van der Waals surface area contributed by atoms with Gasteiger partial charge in [0.05, 0.1) is 23.1 Å². The van der Waals surface area contributed by atoms with Crippen molar-refractivity contribution >= 4 is 22.8 Å². The molecule has 2 aliphatic heterocycles. The molecule has 1 aromatic carbocycles. The normalized spacial score (nSPS) is 27.2. The van der Waals surface area contributed by atoms with Gasteiger partial charge < -0.3 is 25.5 Å². The summed E-state index contributed by atoms with van der Waals surface area (Å²) >= 11 is 0. The first-order valence-corrected chi connectivity index (χ1v) is 14.4. The standard InChI is InChI=1S/C30H40N6O3/c1-30(2)13-12-23(39-30)17-38-22-6-3-5-19(15-22)24-16-36(29-26(24)27(31)33-18-34-29)21-10-8-20(9-11-21)35-14-4-7-25(35)28(32)37/h3,5-6,15-16,18,20-21,23,25H,4,7-14,17H2,1-2H3,(H2,32,37)(H2,31,33,34)/t20?,21?,23?,25-/m0/s1. The average Bonchev–Trinajstić information content (AvgIpc) is 3.65. The lowest BCUT2D eigenvalue weighted by Gasteiger charge is -2.37. The summed E-state index contributed by atoms with van der Waals surface area (Å²) in [4.78, 5) is 23.3. The summed E-state index contributed by atoms with van der Waals surface area (Å²) in [6, 6.07) is 8.76. The van der Waals surface area contributed by atoms with Crippen molar-refractivity contribution in [2.24, 2.45) is 5.73 Å². The minimum atomic E-state index is -0.186. The Kier molecular flexibility index (Phi) is 6.97. The van der Waals surface area contributed by atoms with Crippen LogP contribution >= 0.6 is 0 Å². The molecule has 2 atom stereocenters. The molecule has 0 bridgehead atoms. The van der Waals surface area contributed by atoms with E-state index in [1.54, 1.807) is 6.33 Å². The third kappa shape index (κ3) is 5.22. The van der Waals surface area contributed by atoms with E-state index in [1.807, 2.05) is 12.1 Å². The van der Waals surface area contributed by atoms with Gasteiger partial charge in [0.1, 0.15) is 30.1 Å². The van der Waals surface area contributed by atoms with Crippen LogP contribution in [-0.4, -0.2) is 62.3 Å². The molecule has 6 rings (SSSR count). The molecule has 3 fully saturated rings. The van der Waals surface area contributed by atoms with Crippen LogP contribution in [0.3, 0.4) is 0 Å². The molecule has 2 saturated heterocycles. The third-order valence-electron chi connectivity index (χ3n) is 8.92. The Morgan fingerprint density at radius 2 is 1.92 bits per heavy atom. The molecule has 0 radical (unpaired) electrons. The van der Waals surface area contributed by atoms with Crippen molar-refractivity contribution in [3.05, 3.63) is 36.8 Å². The van der Waals surface area contributed by atoms with E-state index < -0.39 is 0 Å². The van der Waals surface area contributed by atoms with Crippen molar-refractivity contribution in [2.45, 2.75) is 95.0 Å². The fourth-order valence-electron chi connectivity index (χ4n) is 6.94. The number of anilines is 1. The van der Waals surface area contributed by atoms with Crippen molar-refractivity contribution in [2.75, 3.05) is 18.9 Å². The average molecular weight is 533 g/mol. The smallest absolute Gasteiger partial charge is 0.234 e. The van der Waals surface area contributed by atoms with Crippen LogP contribution in [-0.2, 0) is 9.53 Å². The van der Waals surface area contributed by atoms with Gasteiger partial charge >= 0.3 is 0 Å². The molecule has 1 saturated carbocycles. The molecule has 9 nitrogen and oxygen atoms in total. The zero-order valence-electron chi connectivity index (χ0n) is 23.0. The number of primary amides is 1. The Bertz CT molecular complexity index is 1350. The van der Waals surface area contributed by atoms with Crippen LogP contribution in [0, 0.1) is 0 Å². The monoisotopic (exact) mass is 532 g/mol. The third-order valence-corrected chi connectivity index (χ3v) is 8.92. The first kappa shape index (κ1) is 26.1. The number of rotatable bonds is 7. The Hall–Kier alpha value is -3.17. The number of carbonyl (C=O) groups is 1. The molecule has 0 spiro atoms. The first-order valence-electron chi connectivity index (χ1n) is 14.4. The van der Waals surface area contributed by atoms with Gasteiger partial charge in [-0.2, -0.15) is 0 Å². The highest BCUT2D eigenvalue weighted by molar-refractivity contribution is 6.00. The minimum absolute atomic E-state index is 0.0770. The summed E-state index contributed by atoms with van der Waals surface area (Å²) in [6.07, 6.45) is 11.9. The number of amides is 1. The number of nitrogens with two attached hydrogens (primary N) is 2. The van der Waals surface area contributed by atoms with E-state index in [9.17, 15) is 4.79 Å². The molecule has 1 amide bonds. The highest BCUT2D eigenvalue weighted by Gasteiger charge is 2.37. The topological polar surface area (TPSA) is 122 Å². The second-order valence-corrected chi connectivity index (χ2v) is 12.0. The number of hydrogen-bond donors (Lipinski definition) is 2. The van der Waals surface area contributed by atoms with Crippen molar-refractivity contribution in [3.8, 4) is 16.9 Å². The van der Waals surface area contributed by atoms with E-state index in [4.69, 9.17) is 20.9 Å². The van der Waals surface area contributed by atoms with Crippen LogP contribution in [0.2, 0.25) is 0 Å². The number of hydrogen-bond acceptors (Lipinski definition) is 7. The maximum absolute atomic E-state index is 11.9. The zero-order valence-corrected chi connectivity index (χ0v) is 23.0. The number of fused-ring (bicyclic) bond motifs is 1. The second kappa shape index (κ2) is 10.4. The highest BCUT2D eigenvalue weighted by Crippen LogP contribution is 2.40. The summed E-state index contributed by atoms with van der Waals surface area (Å²) in [7, 11) is 0. The van der Waals surface area contributed by atoms with Crippen LogP contribution in [0.25, 0.3) is 22.2 Å². The molecule has 2 aromatic heterocycles. The van der Waals surface area contributed by atoms with Gasteiger partial charge in [-0.25, -0.2) is 9.97 Å². The van der Waals surface area contributed by atoms with Crippen LogP contribution < -0.4 is 16.2 Å². The molecule has 4 N–H and O–H groups in total. The number of likely N-dealkylation sites (tertiary alicyclic amines) is 1. The van der Waals surface area contributed by atoms with Crippen LogP contribution in [0.1, 0.15) is 71.3 Å². The van der Waals surface area contributed by atoms with Gasteiger partial charge in [0.25, 0.3) is 0 Å². The predicted molar refractivity (Wildman–Crippen MR) is 151 cm³/mol. The maximum Gasteiger partial charge on any atom is 0.234 e. The largest absolute Gasteiger partial charge is 0.491 e. The van der Waals surface area contributed by atoms with Gasteiger partial charge in [-0.15, -0.1) is 0 Å². The lowest BCUT2D eigenvalue weighted by Crippen LogP contribution is -2.47. The Morgan fingerprint density at radius 3 is 2.67 bits per heavy atom. The summed E-state index contributed by atoms with van der Waals surface area (Å²) in [5, 5.41) is 0.881. The molecular weight excluding hydrogens is 492 g/mol. The van der Waals surface area contributed by atoms with E-state index in [0.29, 0.717) is 24.5 Å². The maximum atomic E-state index is 11.9. The van der Waals surface area contributed by atoms with Crippen molar-refractivity contribution < 1.29 is 14.3 Å². The zero-order chi connectivity index (χ0) is 27.1. The Morgan fingerprint density at radius 1 is 1.13 bits per heavy atom. The number of ether oxygens (including phenoxy) is 2. The van der Waals surface area contributed by atoms with Crippen molar-refractivity contribution in [3.63, 3.8) is 0 Å². The summed E-state index contributed by atoms with van der Waals surface area (Å²) in [5.41, 5.74) is 15.0. The lowest BCUT2D eigenvalue weighted by atomic mass is 9.89. The first-order chi connectivity index (χ1) is 18.8. The number of aromatic nitrogens is 3. The number of benzene rings is 1. The second-order valence-electron chi connectivity index (χ2n) is 12.0. The Labute approximate surface area is 229 Å². The molecule has 208 valence electrons. The molecule has 1 aliphatic carbocycles. The number of nitrogens with zero attached hydrogens (tertiary/aromatic N) is 4. The van der Waals surface area contributed by atoms with Crippen LogP contribution in [0.15, 0.2) is 36.8 Å². The summed E-state index contributed by atoms with van der Waals surface area (Å²) < 4.78 is 14.6. The number of nitrogen functional groups attached to an aromatic ring is 1. The van der Waals surface area contributed by atoms with Gasteiger partial charge in [-0.3, -0.25) is 9.69 Å². The summed E-state index contributed by atoms with van der Waals surface area (Å²) in [5.74, 6) is 1.11. The lowest BCUT2D eigenvalue weighted by molar-refractivity contribution is -0.123. The van der Waals surface area contributed by atoms with Gasteiger partial charge in [0.15, 0.2) is 0 Å². The molecule has 3 aliphatic rings. The quantitative estimate of drug-likeness (QED) is 0.461. The molecular formula is C30H40N6O3. The van der Waals surface area contributed by atoms with E-state index in [2.05, 4.69) is 51.6 Å². The van der Waals surface area contributed by atoms with Crippen molar-refractivity contribution in [1.82, 2.24) is 19.4 Å². The fourth-order valence-corrected chi connectivity index (χ4v) is 6.94. The number of carbonyl (C=O) groups excluding carboxylic acids is 1. The van der Waals surface area contributed by atoms with Gasteiger partial charge in [-0.05, 0) is 89.5 Å². The molecule has 39 heavy (non-hydrogen) atoms. The van der Waals surface area contributed by atoms with Crippen molar-refractivity contribution in [1.29, 1.82) is 0 Å². The molecule has 9 heteroatoms. The van der Waals surface area contributed by atoms with E-state index >= 15 is 0 Å². The molecule has 3 aromatic rings. The fraction of sp³-hybridized carbons (Fsp3) is 0.567. The summed E-state index contributed by atoms with van der Waals surface area (Å²) in [6.45, 7) is 5.77. The molecule has 4 heterocycles. The van der Waals surface area contributed by atoms with E-state index in [0.717, 1.165) is 85.8 Å². The van der Waals surface area contributed by atoms with Gasteiger partial charge in [-0.1, -0.05) is 12.1 Å². The van der Waals surface area contributed by atoms with Gasteiger partial charge in [0.2, 0.25) is 5.91 Å². The van der Waals surface area contributed by atoms with E-state index in [-0.39, 0.29) is 23.7 Å². The predicted octanol–water partition coefficient (Wildman–Crippen LogP) is 4.45. The van der Waals surface area contributed by atoms with Gasteiger partial charge in [0, 0.05) is 23.8 Å². The highest BCUT2D eigenvalue weighted by atomic mass is 16.6. The Balaban J connectivity index is 1.22. The SMILES string of the molecule is CC1(C)CCC(COc2cccc(-c3cn(C4CCC(N5CCC[C@H]5C(N)=O)CC4)c4ncnc(N)c34)c2)O1.